The molecule has 3 aliphatic rings. The van der Waals surface area contributed by atoms with Crippen molar-refractivity contribution >= 4 is 7.12 Å². The molecule has 2 nitrogen and oxygen atoms in total. The van der Waals surface area contributed by atoms with Crippen LogP contribution in [0.1, 0.15) is 91.9 Å². The Balaban J connectivity index is 1.54. The van der Waals surface area contributed by atoms with Crippen molar-refractivity contribution in [2.24, 2.45) is 11.8 Å². The molecule has 0 N–H and O–H groups in total. The van der Waals surface area contributed by atoms with Gasteiger partial charge in [-0.1, -0.05) is 32.1 Å². The molecule has 0 bridgehead atoms. The molecule has 4 heteroatoms. The fraction of sp³-hybridized carbons (Fsp3) is 0.900. The lowest BCUT2D eigenvalue weighted by Crippen LogP contribution is -2.41. The van der Waals surface area contributed by atoms with E-state index in [0.717, 1.165) is 43.1 Å². The molecule has 0 spiro atoms. The Kier molecular flexibility index (Phi) is 5.46. The lowest BCUT2D eigenvalue weighted by molar-refractivity contribution is 0.00578. The zero-order valence-electron chi connectivity index (χ0n) is 16.0. The second-order valence-corrected chi connectivity index (χ2v) is 9.22. The molecular weight excluding hydrogens is 302 g/mol. The van der Waals surface area contributed by atoms with Crippen molar-refractivity contribution in [3.63, 3.8) is 0 Å². The first-order chi connectivity index (χ1) is 11.3. The molecule has 1 heterocycles. The summed E-state index contributed by atoms with van der Waals surface area (Å²) in [7, 11) is -0.806. The Morgan fingerprint density at radius 1 is 0.917 bits per heavy atom. The summed E-state index contributed by atoms with van der Waals surface area (Å²) in [5.41, 5.74) is -0.139. The quantitative estimate of drug-likeness (QED) is 0.588. The van der Waals surface area contributed by atoms with Crippen LogP contribution in [0.4, 0.5) is 4.39 Å². The highest BCUT2D eigenvalue weighted by Crippen LogP contribution is 2.42. The average molecular weight is 336 g/mol. The average Bonchev–Trinajstić information content (AvgIpc) is 2.76. The minimum Gasteiger partial charge on any atom is -0.398 e. The maximum atomic E-state index is 14.9. The lowest BCUT2D eigenvalue weighted by Gasteiger charge is -2.32. The summed E-state index contributed by atoms with van der Waals surface area (Å²) < 4.78 is 26.6. The summed E-state index contributed by atoms with van der Waals surface area (Å²) in [5.74, 6) is 1.73. The molecule has 0 aromatic rings. The molecular formula is C20H34BFO2. The molecule has 2 saturated carbocycles. The highest BCUT2D eigenvalue weighted by molar-refractivity contribution is 6.53. The second kappa shape index (κ2) is 7.11. The summed E-state index contributed by atoms with van der Waals surface area (Å²) >= 11 is 0. The van der Waals surface area contributed by atoms with Gasteiger partial charge in [-0.3, -0.25) is 0 Å². The van der Waals surface area contributed by atoms with Crippen LogP contribution in [0.15, 0.2) is 11.3 Å². The SMILES string of the molecule is CC1(C)OB(C(F)=C2CCC(CC3CCCCC3)CC2)OC1(C)C. The Bertz CT molecular complexity index is 454. The van der Waals surface area contributed by atoms with E-state index < -0.39 is 18.3 Å². The summed E-state index contributed by atoms with van der Waals surface area (Å²) in [6.07, 6.45) is 12.5. The highest BCUT2D eigenvalue weighted by Gasteiger charge is 2.53. The van der Waals surface area contributed by atoms with E-state index in [9.17, 15) is 4.39 Å². The van der Waals surface area contributed by atoms with Crippen LogP contribution < -0.4 is 0 Å². The number of hydrogen-bond donors (Lipinski definition) is 0. The van der Waals surface area contributed by atoms with Crippen molar-refractivity contribution < 1.29 is 13.7 Å². The summed E-state index contributed by atoms with van der Waals surface area (Å²) in [5, 5.41) is 0. The summed E-state index contributed by atoms with van der Waals surface area (Å²) in [6.45, 7) is 7.91. The van der Waals surface area contributed by atoms with Gasteiger partial charge in [0.2, 0.25) is 0 Å². The second-order valence-electron chi connectivity index (χ2n) is 9.22. The van der Waals surface area contributed by atoms with E-state index in [1.165, 1.54) is 38.5 Å². The van der Waals surface area contributed by atoms with Crippen molar-refractivity contribution in [2.45, 2.75) is 103 Å². The van der Waals surface area contributed by atoms with Crippen LogP contribution in [-0.4, -0.2) is 18.3 Å². The Labute approximate surface area is 147 Å². The van der Waals surface area contributed by atoms with Gasteiger partial charge in [0.25, 0.3) is 0 Å². The summed E-state index contributed by atoms with van der Waals surface area (Å²) in [4.78, 5) is 0. The van der Waals surface area contributed by atoms with Gasteiger partial charge in [0.05, 0.1) is 11.2 Å². The topological polar surface area (TPSA) is 18.5 Å². The van der Waals surface area contributed by atoms with E-state index in [1.807, 2.05) is 27.7 Å². The molecule has 0 atom stereocenters. The van der Waals surface area contributed by atoms with E-state index >= 15 is 0 Å². The van der Waals surface area contributed by atoms with Crippen LogP contribution in [0.5, 0.6) is 0 Å². The Hall–Kier alpha value is -0.345. The van der Waals surface area contributed by atoms with Gasteiger partial charge >= 0.3 is 7.12 Å². The van der Waals surface area contributed by atoms with Crippen molar-refractivity contribution in [1.82, 2.24) is 0 Å². The minimum absolute atomic E-state index is 0.148. The lowest BCUT2D eigenvalue weighted by atomic mass is 9.74. The first-order valence-electron chi connectivity index (χ1n) is 10.0. The van der Waals surface area contributed by atoms with Crippen LogP contribution in [0.25, 0.3) is 0 Å². The van der Waals surface area contributed by atoms with Crippen molar-refractivity contribution in [3.8, 4) is 0 Å². The number of rotatable bonds is 3. The van der Waals surface area contributed by atoms with E-state index in [-0.39, 0.29) is 5.73 Å². The number of hydrogen-bond acceptors (Lipinski definition) is 2. The predicted octanol–water partition coefficient (Wildman–Crippen LogP) is 6.00. The molecule has 136 valence electrons. The third kappa shape index (κ3) is 3.90. The maximum Gasteiger partial charge on any atom is 0.525 e. The molecule has 0 aromatic carbocycles. The van der Waals surface area contributed by atoms with Crippen LogP contribution in [0.2, 0.25) is 0 Å². The standard InChI is InChI=1S/C20H34BFO2/c1-19(2)20(3,4)24-21(23-19)18(22)17-12-10-16(11-13-17)14-15-8-6-5-7-9-15/h15-16H,5-14H2,1-4H3. The van der Waals surface area contributed by atoms with E-state index in [2.05, 4.69) is 0 Å². The fourth-order valence-corrected chi connectivity index (χ4v) is 4.51. The molecule has 0 unspecified atom stereocenters. The molecule has 0 amide bonds. The predicted molar refractivity (Wildman–Crippen MR) is 97.4 cm³/mol. The third-order valence-electron chi connectivity index (χ3n) is 6.90. The van der Waals surface area contributed by atoms with Crippen molar-refractivity contribution in [1.29, 1.82) is 0 Å². The van der Waals surface area contributed by atoms with Gasteiger partial charge in [0.15, 0.2) is 0 Å². The van der Waals surface area contributed by atoms with Gasteiger partial charge in [0, 0.05) is 0 Å². The first-order valence-corrected chi connectivity index (χ1v) is 10.0. The molecule has 0 radical (unpaired) electrons. The summed E-state index contributed by atoms with van der Waals surface area (Å²) in [6, 6.07) is 0. The molecule has 3 rings (SSSR count). The van der Waals surface area contributed by atoms with Crippen molar-refractivity contribution in [2.75, 3.05) is 0 Å². The van der Waals surface area contributed by atoms with E-state index in [4.69, 9.17) is 9.31 Å². The molecule has 1 saturated heterocycles. The highest BCUT2D eigenvalue weighted by atomic mass is 19.1. The monoisotopic (exact) mass is 336 g/mol. The van der Waals surface area contributed by atoms with Gasteiger partial charge in [-0.15, -0.1) is 0 Å². The van der Waals surface area contributed by atoms with Crippen molar-refractivity contribution in [3.05, 3.63) is 11.3 Å². The minimum atomic E-state index is -0.806. The largest absolute Gasteiger partial charge is 0.525 e. The van der Waals surface area contributed by atoms with Gasteiger partial charge in [-0.05, 0) is 77.2 Å². The van der Waals surface area contributed by atoms with Gasteiger partial charge in [-0.2, -0.15) is 0 Å². The molecule has 0 aromatic heterocycles. The van der Waals surface area contributed by atoms with Crippen LogP contribution >= 0.6 is 0 Å². The first kappa shape index (κ1) is 18.4. The van der Waals surface area contributed by atoms with Gasteiger partial charge in [0.1, 0.15) is 5.73 Å². The third-order valence-corrected chi connectivity index (χ3v) is 6.90. The van der Waals surface area contributed by atoms with Crippen LogP contribution in [-0.2, 0) is 9.31 Å². The maximum absolute atomic E-state index is 14.9. The normalized spacial score (nSPS) is 30.6. The number of halogens is 1. The fourth-order valence-electron chi connectivity index (χ4n) is 4.51. The van der Waals surface area contributed by atoms with Crippen LogP contribution in [0, 0.1) is 11.8 Å². The number of allylic oxidation sites excluding steroid dienone is 1. The smallest absolute Gasteiger partial charge is 0.398 e. The van der Waals surface area contributed by atoms with E-state index in [0.29, 0.717) is 0 Å². The Morgan fingerprint density at radius 2 is 1.42 bits per heavy atom. The Morgan fingerprint density at radius 3 is 1.96 bits per heavy atom. The van der Waals surface area contributed by atoms with Crippen LogP contribution in [0.3, 0.4) is 0 Å². The van der Waals surface area contributed by atoms with E-state index in [1.54, 1.807) is 0 Å². The molecule has 24 heavy (non-hydrogen) atoms. The van der Waals surface area contributed by atoms with Gasteiger partial charge in [-0.25, -0.2) is 4.39 Å². The molecule has 1 aliphatic heterocycles. The molecule has 2 aliphatic carbocycles. The zero-order valence-corrected chi connectivity index (χ0v) is 16.0. The molecule has 3 fully saturated rings. The van der Waals surface area contributed by atoms with Gasteiger partial charge < -0.3 is 9.31 Å². The zero-order chi connectivity index (χ0) is 17.4.